The second-order valence-electron chi connectivity index (χ2n) is 7.73. The van der Waals surface area contributed by atoms with Crippen LogP contribution in [0.1, 0.15) is 48.1 Å². The fourth-order valence-corrected chi connectivity index (χ4v) is 4.07. The SMILES string of the molecule is CCOC(=O)c1ccc(NC(=O)CN2CCC[C@@H]2c2ccc3c(c2)OCCCO3)cc1. The van der Waals surface area contributed by atoms with E-state index in [1.165, 1.54) is 0 Å². The predicted molar refractivity (Wildman–Crippen MR) is 117 cm³/mol. The number of rotatable bonds is 6. The number of nitrogens with one attached hydrogen (secondary N) is 1. The highest BCUT2D eigenvalue weighted by Crippen LogP contribution is 2.37. The second kappa shape index (κ2) is 9.83. The van der Waals surface area contributed by atoms with Crippen molar-refractivity contribution in [3.63, 3.8) is 0 Å². The molecule has 4 rings (SSSR count). The molecule has 2 heterocycles. The van der Waals surface area contributed by atoms with Gasteiger partial charge >= 0.3 is 5.97 Å². The molecule has 2 aromatic carbocycles. The number of benzene rings is 2. The number of hydrogen-bond donors (Lipinski definition) is 1. The lowest BCUT2D eigenvalue weighted by Crippen LogP contribution is -2.33. The van der Waals surface area contributed by atoms with E-state index in [4.69, 9.17) is 14.2 Å². The Kier molecular flexibility index (Phi) is 6.72. The smallest absolute Gasteiger partial charge is 0.338 e. The number of hydrogen-bond acceptors (Lipinski definition) is 6. The molecule has 1 amide bonds. The van der Waals surface area contributed by atoms with Gasteiger partial charge in [0, 0.05) is 18.2 Å². The van der Waals surface area contributed by atoms with Crippen molar-refractivity contribution in [2.45, 2.75) is 32.2 Å². The van der Waals surface area contributed by atoms with Crippen LogP contribution in [0.15, 0.2) is 42.5 Å². The lowest BCUT2D eigenvalue weighted by atomic mass is 10.0. The van der Waals surface area contributed by atoms with E-state index < -0.39 is 0 Å². The predicted octanol–water partition coefficient (Wildman–Crippen LogP) is 3.80. The highest BCUT2D eigenvalue weighted by Gasteiger charge is 2.28. The lowest BCUT2D eigenvalue weighted by Gasteiger charge is -2.25. The van der Waals surface area contributed by atoms with E-state index in [-0.39, 0.29) is 17.9 Å². The van der Waals surface area contributed by atoms with Crippen molar-refractivity contribution < 1.29 is 23.8 Å². The maximum absolute atomic E-state index is 12.7. The molecule has 164 valence electrons. The molecule has 1 atom stereocenters. The van der Waals surface area contributed by atoms with Gasteiger partial charge in [0.1, 0.15) is 0 Å². The maximum Gasteiger partial charge on any atom is 0.338 e. The van der Waals surface area contributed by atoms with Gasteiger partial charge in [-0.3, -0.25) is 9.69 Å². The molecule has 2 aromatic rings. The van der Waals surface area contributed by atoms with Crippen LogP contribution in [-0.4, -0.2) is 49.7 Å². The number of carbonyl (C=O) groups excluding carboxylic acids is 2. The van der Waals surface area contributed by atoms with Gasteiger partial charge in [-0.25, -0.2) is 4.79 Å². The molecule has 0 spiro atoms. The van der Waals surface area contributed by atoms with Gasteiger partial charge < -0.3 is 19.5 Å². The van der Waals surface area contributed by atoms with Crippen LogP contribution < -0.4 is 14.8 Å². The van der Waals surface area contributed by atoms with Crippen LogP contribution in [-0.2, 0) is 9.53 Å². The van der Waals surface area contributed by atoms with Crippen LogP contribution in [0.25, 0.3) is 0 Å². The van der Waals surface area contributed by atoms with E-state index in [0.29, 0.717) is 37.6 Å². The van der Waals surface area contributed by atoms with Crippen LogP contribution >= 0.6 is 0 Å². The molecule has 0 aliphatic carbocycles. The summed E-state index contributed by atoms with van der Waals surface area (Å²) in [4.78, 5) is 26.6. The number of fused-ring (bicyclic) bond motifs is 1. The number of likely N-dealkylation sites (tertiary alicyclic amines) is 1. The molecule has 31 heavy (non-hydrogen) atoms. The Labute approximate surface area is 182 Å². The monoisotopic (exact) mass is 424 g/mol. The normalized spacial score (nSPS) is 18.3. The van der Waals surface area contributed by atoms with Gasteiger partial charge in [-0.2, -0.15) is 0 Å². The molecule has 0 saturated carbocycles. The fraction of sp³-hybridized carbons (Fsp3) is 0.417. The van der Waals surface area contributed by atoms with Crippen LogP contribution in [0, 0.1) is 0 Å². The topological polar surface area (TPSA) is 77.1 Å². The molecular weight excluding hydrogens is 396 g/mol. The zero-order chi connectivity index (χ0) is 21.6. The van der Waals surface area contributed by atoms with Crippen molar-refractivity contribution in [1.82, 2.24) is 4.90 Å². The van der Waals surface area contributed by atoms with Crippen molar-refractivity contribution in [2.75, 3.05) is 38.2 Å². The minimum atomic E-state index is -0.365. The highest BCUT2D eigenvalue weighted by atomic mass is 16.5. The number of esters is 1. The van der Waals surface area contributed by atoms with Crippen LogP contribution in [0.4, 0.5) is 5.69 Å². The first kappa shape index (κ1) is 21.2. The highest BCUT2D eigenvalue weighted by molar-refractivity contribution is 5.94. The van der Waals surface area contributed by atoms with Gasteiger partial charge in [-0.15, -0.1) is 0 Å². The van der Waals surface area contributed by atoms with Gasteiger partial charge in [0.2, 0.25) is 5.91 Å². The third-order valence-corrected chi connectivity index (χ3v) is 5.55. The number of amides is 1. The number of anilines is 1. The van der Waals surface area contributed by atoms with Crippen LogP contribution in [0.5, 0.6) is 11.5 Å². The van der Waals surface area contributed by atoms with E-state index >= 15 is 0 Å². The summed E-state index contributed by atoms with van der Waals surface area (Å²) in [5.74, 6) is 1.13. The third kappa shape index (κ3) is 5.17. The Morgan fingerprint density at radius 3 is 2.61 bits per heavy atom. The Morgan fingerprint density at radius 1 is 1.06 bits per heavy atom. The molecular formula is C24H28N2O5. The standard InChI is InChI=1S/C24H28N2O5/c1-2-29-24(28)17-6-9-19(10-7-17)25-23(27)16-26-12-3-5-20(26)18-8-11-21-22(15-18)31-14-4-13-30-21/h6-11,15,20H,2-5,12-14,16H2,1H3,(H,25,27)/t20-/m1/s1. The van der Waals surface area contributed by atoms with Gasteiger partial charge in [0.05, 0.1) is 31.9 Å². The van der Waals surface area contributed by atoms with Crippen LogP contribution in [0.3, 0.4) is 0 Å². The molecule has 7 nitrogen and oxygen atoms in total. The van der Waals surface area contributed by atoms with E-state index in [0.717, 1.165) is 42.9 Å². The fourth-order valence-electron chi connectivity index (χ4n) is 4.07. The van der Waals surface area contributed by atoms with Gasteiger partial charge in [-0.05, 0) is 68.3 Å². The molecule has 1 N–H and O–H groups in total. The van der Waals surface area contributed by atoms with E-state index in [9.17, 15) is 9.59 Å². The summed E-state index contributed by atoms with van der Waals surface area (Å²) < 4.78 is 16.5. The largest absolute Gasteiger partial charge is 0.490 e. The molecule has 0 unspecified atom stereocenters. The Hall–Kier alpha value is -3.06. The van der Waals surface area contributed by atoms with Gasteiger partial charge in [0.25, 0.3) is 0 Å². The molecule has 2 aliphatic rings. The van der Waals surface area contributed by atoms with Crippen molar-refractivity contribution in [3.05, 3.63) is 53.6 Å². The van der Waals surface area contributed by atoms with Crippen molar-refractivity contribution >= 4 is 17.6 Å². The molecule has 2 aliphatic heterocycles. The summed E-state index contributed by atoms with van der Waals surface area (Å²) in [6, 6.07) is 13.0. The molecule has 1 fully saturated rings. The minimum absolute atomic E-state index is 0.0786. The average Bonchev–Trinajstić information content (AvgIpc) is 3.09. The average molecular weight is 424 g/mol. The molecule has 0 aromatic heterocycles. The molecule has 0 bridgehead atoms. The summed E-state index contributed by atoms with van der Waals surface area (Å²) in [7, 11) is 0. The first-order valence-corrected chi connectivity index (χ1v) is 10.8. The van der Waals surface area contributed by atoms with Crippen molar-refractivity contribution in [1.29, 1.82) is 0 Å². The maximum atomic E-state index is 12.7. The Bertz CT molecular complexity index is 928. The summed E-state index contributed by atoms with van der Waals surface area (Å²) in [5, 5.41) is 2.92. The van der Waals surface area contributed by atoms with Gasteiger partial charge in [0.15, 0.2) is 11.5 Å². The van der Waals surface area contributed by atoms with E-state index in [1.807, 2.05) is 6.07 Å². The molecule has 7 heteroatoms. The van der Waals surface area contributed by atoms with E-state index in [1.54, 1.807) is 31.2 Å². The van der Waals surface area contributed by atoms with Crippen molar-refractivity contribution in [3.8, 4) is 11.5 Å². The number of nitrogens with zero attached hydrogens (tertiary/aromatic N) is 1. The Balaban J connectivity index is 1.38. The van der Waals surface area contributed by atoms with Crippen LogP contribution in [0.2, 0.25) is 0 Å². The lowest BCUT2D eigenvalue weighted by molar-refractivity contribution is -0.117. The second-order valence-corrected chi connectivity index (χ2v) is 7.73. The summed E-state index contributed by atoms with van der Waals surface area (Å²) in [6.45, 7) is 4.60. The van der Waals surface area contributed by atoms with E-state index in [2.05, 4.69) is 22.3 Å². The minimum Gasteiger partial charge on any atom is -0.490 e. The van der Waals surface area contributed by atoms with Crippen molar-refractivity contribution in [2.24, 2.45) is 0 Å². The summed E-state index contributed by atoms with van der Waals surface area (Å²) in [5.41, 5.74) is 2.27. The number of ether oxygens (including phenoxy) is 3. The first-order chi connectivity index (χ1) is 15.1. The first-order valence-electron chi connectivity index (χ1n) is 10.8. The Morgan fingerprint density at radius 2 is 1.84 bits per heavy atom. The summed E-state index contributed by atoms with van der Waals surface area (Å²) in [6.07, 6.45) is 2.92. The van der Waals surface area contributed by atoms with Gasteiger partial charge in [-0.1, -0.05) is 6.07 Å². The summed E-state index contributed by atoms with van der Waals surface area (Å²) >= 11 is 0. The third-order valence-electron chi connectivity index (χ3n) is 5.55. The molecule has 0 radical (unpaired) electrons. The zero-order valence-corrected chi connectivity index (χ0v) is 17.8. The zero-order valence-electron chi connectivity index (χ0n) is 17.8. The molecule has 1 saturated heterocycles. The number of carbonyl (C=O) groups is 2. The quantitative estimate of drug-likeness (QED) is 0.711.